The second kappa shape index (κ2) is 8.44. The summed E-state index contributed by atoms with van der Waals surface area (Å²) in [6.45, 7) is 0. The van der Waals surface area contributed by atoms with Crippen LogP contribution in [-0.4, -0.2) is 11.6 Å². The SMILES string of the molecule is Nc1ccc(C(=O)N/N=C(/C=C/c2ccccc2)c2ccccc2)cc1. The van der Waals surface area contributed by atoms with Gasteiger partial charge in [-0.05, 0) is 35.9 Å². The Bertz CT molecular complexity index is 915. The van der Waals surface area contributed by atoms with Crippen LogP contribution in [0.25, 0.3) is 6.08 Å². The molecule has 0 unspecified atom stereocenters. The zero-order chi connectivity index (χ0) is 18.2. The van der Waals surface area contributed by atoms with E-state index in [9.17, 15) is 4.79 Å². The second-order valence-electron chi connectivity index (χ2n) is 5.67. The predicted molar refractivity (Wildman–Crippen MR) is 107 cm³/mol. The van der Waals surface area contributed by atoms with E-state index in [-0.39, 0.29) is 5.91 Å². The van der Waals surface area contributed by atoms with E-state index in [0.29, 0.717) is 17.0 Å². The smallest absolute Gasteiger partial charge is 0.271 e. The summed E-state index contributed by atoms with van der Waals surface area (Å²) < 4.78 is 0. The Hall–Kier alpha value is -3.66. The van der Waals surface area contributed by atoms with Crippen LogP contribution in [-0.2, 0) is 0 Å². The van der Waals surface area contributed by atoms with Crippen LogP contribution in [0.15, 0.2) is 96.1 Å². The number of nitrogen functional groups attached to an aromatic ring is 1. The van der Waals surface area contributed by atoms with Gasteiger partial charge in [0.15, 0.2) is 0 Å². The lowest BCUT2D eigenvalue weighted by atomic mass is 10.1. The molecule has 128 valence electrons. The summed E-state index contributed by atoms with van der Waals surface area (Å²) >= 11 is 0. The Labute approximate surface area is 152 Å². The van der Waals surface area contributed by atoms with E-state index < -0.39 is 0 Å². The van der Waals surface area contributed by atoms with Crippen molar-refractivity contribution in [3.63, 3.8) is 0 Å². The fourth-order valence-electron chi connectivity index (χ4n) is 2.36. The van der Waals surface area contributed by atoms with Crippen LogP contribution in [0.1, 0.15) is 21.5 Å². The molecule has 0 saturated heterocycles. The normalized spacial score (nSPS) is 11.5. The molecule has 3 N–H and O–H groups in total. The highest BCUT2D eigenvalue weighted by molar-refractivity contribution is 6.11. The van der Waals surface area contributed by atoms with Gasteiger partial charge in [-0.2, -0.15) is 5.10 Å². The van der Waals surface area contributed by atoms with Gasteiger partial charge in [-0.15, -0.1) is 0 Å². The van der Waals surface area contributed by atoms with Crippen LogP contribution in [0, 0.1) is 0 Å². The molecule has 0 heterocycles. The number of carbonyl (C=O) groups is 1. The first-order chi connectivity index (χ1) is 12.7. The Morgan fingerprint density at radius 2 is 1.42 bits per heavy atom. The molecule has 3 rings (SSSR count). The van der Waals surface area contributed by atoms with E-state index in [1.54, 1.807) is 24.3 Å². The summed E-state index contributed by atoms with van der Waals surface area (Å²) in [5.41, 5.74) is 12.0. The van der Waals surface area contributed by atoms with Crippen LogP contribution in [0.2, 0.25) is 0 Å². The molecule has 0 aromatic heterocycles. The summed E-state index contributed by atoms with van der Waals surface area (Å²) in [6, 6.07) is 26.3. The van der Waals surface area contributed by atoms with Crippen molar-refractivity contribution in [2.45, 2.75) is 0 Å². The third kappa shape index (κ3) is 4.68. The first-order valence-electron chi connectivity index (χ1n) is 8.24. The van der Waals surface area contributed by atoms with Crippen molar-refractivity contribution in [1.82, 2.24) is 5.43 Å². The Kier molecular flexibility index (Phi) is 5.58. The van der Waals surface area contributed by atoms with Gasteiger partial charge in [0.2, 0.25) is 0 Å². The number of benzene rings is 3. The van der Waals surface area contributed by atoms with Crippen molar-refractivity contribution in [2.75, 3.05) is 5.73 Å². The van der Waals surface area contributed by atoms with Gasteiger partial charge in [-0.25, -0.2) is 5.43 Å². The minimum Gasteiger partial charge on any atom is -0.399 e. The molecule has 3 aromatic carbocycles. The van der Waals surface area contributed by atoms with Gasteiger partial charge in [0.25, 0.3) is 5.91 Å². The molecule has 0 radical (unpaired) electrons. The molecular formula is C22H19N3O. The van der Waals surface area contributed by atoms with Crippen LogP contribution in [0.3, 0.4) is 0 Å². The van der Waals surface area contributed by atoms with Gasteiger partial charge in [0, 0.05) is 16.8 Å². The number of hydrogen-bond acceptors (Lipinski definition) is 3. The maximum Gasteiger partial charge on any atom is 0.271 e. The lowest BCUT2D eigenvalue weighted by Crippen LogP contribution is -2.19. The minimum absolute atomic E-state index is 0.286. The molecule has 0 aliphatic heterocycles. The topological polar surface area (TPSA) is 67.5 Å². The first-order valence-corrected chi connectivity index (χ1v) is 8.24. The third-order valence-corrected chi connectivity index (χ3v) is 3.75. The third-order valence-electron chi connectivity index (χ3n) is 3.75. The summed E-state index contributed by atoms with van der Waals surface area (Å²) in [5.74, 6) is -0.286. The number of nitrogens with zero attached hydrogens (tertiary/aromatic N) is 1. The maximum atomic E-state index is 12.3. The van der Waals surface area contributed by atoms with Crippen molar-refractivity contribution in [1.29, 1.82) is 0 Å². The lowest BCUT2D eigenvalue weighted by molar-refractivity contribution is 0.0955. The Balaban J connectivity index is 1.83. The number of hydrogen-bond donors (Lipinski definition) is 2. The van der Waals surface area contributed by atoms with Crippen LogP contribution in [0.5, 0.6) is 0 Å². The monoisotopic (exact) mass is 341 g/mol. The van der Waals surface area contributed by atoms with Crippen molar-refractivity contribution >= 4 is 23.4 Å². The average molecular weight is 341 g/mol. The standard InChI is InChI=1S/C22H19N3O/c23-20-14-12-19(13-15-20)22(26)25-24-21(18-9-5-2-6-10-18)16-11-17-7-3-1-4-8-17/h1-16H,23H2,(H,25,26)/b16-11+,24-21-. The highest BCUT2D eigenvalue weighted by Gasteiger charge is 2.05. The number of hydrazone groups is 1. The fraction of sp³-hybridized carbons (Fsp3) is 0. The van der Waals surface area contributed by atoms with Crippen molar-refractivity contribution in [3.05, 3.63) is 108 Å². The van der Waals surface area contributed by atoms with Crippen molar-refractivity contribution in [3.8, 4) is 0 Å². The second-order valence-corrected chi connectivity index (χ2v) is 5.67. The average Bonchev–Trinajstić information content (AvgIpc) is 2.70. The highest BCUT2D eigenvalue weighted by Crippen LogP contribution is 2.08. The van der Waals surface area contributed by atoms with E-state index in [1.165, 1.54) is 0 Å². The molecular weight excluding hydrogens is 322 g/mol. The molecule has 0 bridgehead atoms. The lowest BCUT2D eigenvalue weighted by Gasteiger charge is -2.04. The molecule has 0 saturated carbocycles. The van der Waals surface area contributed by atoms with Crippen LogP contribution in [0.4, 0.5) is 5.69 Å². The largest absolute Gasteiger partial charge is 0.399 e. The van der Waals surface area contributed by atoms with E-state index >= 15 is 0 Å². The molecule has 0 fully saturated rings. The van der Waals surface area contributed by atoms with Crippen molar-refractivity contribution in [2.24, 2.45) is 5.10 Å². The number of nitrogens with two attached hydrogens (primary N) is 1. The zero-order valence-corrected chi connectivity index (χ0v) is 14.2. The number of anilines is 1. The number of nitrogens with one attached hydrogen (secondary N) is 1. The highest BCUT2D eigenvalue weighted by atomic mass is 16.2. The summed E-state index contributed by atoms with van der Waals surface area (Å²) in [4.78, 5) is 12.3. The van der Waals surface area contributed by atoms with Gasteiger partial charge < -0.3 is 5.73 Å². The molecule has 0 aliphatic rings. The molecule has 4 nitrogen and oxygen atoms in total. The van der Waals surface area contributed by atoms with Gasteiger partial charge in [-0.1, -0.05) is 66.7 Å². The van der Waals surface area contributed by atoms with Gasteiger partial charge >= 0.3 is 0 Å². The zero-order valence-electron chi connectivity index (χ0n) is 14.2. The predicted octanol–water partition coefficient (Wildman–Crippen LogP) is 4.12. The molecule has 3 aromatic rings. The first kappa shape index (κ1) is 17.2. The van der Waals surface area contributed by atoms with E-state index in [1.807, 2.05) is 72.8 Å². The van der Waals surface area contributed by atoms with E-state index in [2.05, 4.69) is 10.5 Å². The Morgan fingerprint density at radius 1 is 0.808 bits per heavy atom. The van der Waals surface area contributed by atoms with Gasteiger partial charge in [0.05, 0.1) is 5.71 Å². The maximum absolute atomic E-state index is 12.3. The quantitative estimate of drug-likeness (QED) is 0.416. The number of amides is 1. The molecule has 1 amide bonds. The molecule has 0 atom stereocenters. The summed E-state index contributed by atoms with van der Waals surface area (Å²) in [5, 5.41) is 4.31. The minimum atomic E-state index is -0.286. The number of carbonyl (C=O) groups excluding carboxylic acids is 1. The molecule has 4 heteroatoms. The van der Waals surface area contributed by atoms with Gasteiger partial charge in [0.1, 0.15) is 0 Å². The van der Waals surface area contributed by atoms with Crippen LogP contribution >= 0.6 is 0 Å². The van der Waals surface area contributed by atoms with E-state index in [0.717, 1.165) is 11.1 Å². The van der Waals surface area contributed by atoms with Crippen molar-refractivity contribution < 1.29 is 4.79 Å². The van der Waals surface area contributed by atoms with E-state index in [4.69, 9.17) is 5.73 Å². The summed E-state index contributed by atoms with van der Waals surface area (Å²) in [6.07, 6.45) is 3.84. The number of allylic oxidation sites excluding steroid dienone is 1. The molecule has 26 heavy (non-hydrogen) atoms. The van der Waals surface area contributed by atoms with Gasteiger partial charge in [-0.3, -0.25) is 4.79 Å². The number of rotatable bonds is 5. The van der Waals surface area contributed by atoms with Crippen LogP contribution < -0.4 is 11.2 Å². The molecule has 0 aliphatic carbocycles. The molecule has 0 spiro atoms. The fourth-order valence-corrected chi connectivity index (χ4v) is 2.36. The summed E-state index contributed by atoms with van der Waals surface area (Å²) in [7, 11) is 0. The Morgan fingerprint density at radius 3 is 2.08 bits per heavy atom.